The van der Waals surface area contributed by atoms with E-state index in [1.165, 1.54) is 12.1 Å². The molecule has 0 aliphatic carbocycles. The van der Waals surface area contributed by atoms with Gasteiger partial charge in [0.2, 0.25) is 0 Å². The third-order valence-electron chi connectivity index (χ3n) is 4.34. The van der Waals surface area contributed by atoms with E-state index in [1.54, 1.807) is 30.0 Å². The Bertz CT molecular complexity index is 795. The van der Waals surface area contributed by atoms with Gasteiger partial charge in [-0.3, -0.25) is 4.79 Å². The van der Waals surface area contributed by atoms with Crippen LogP contribution in [-0.2, 0) is 16.0 Å². The lowest BCUT2D eigenvalue weighted by molar-refractivity contribution is -0.123. The fourth-order valence-corrected chi connectivity index (χ4v) is 2.85. The van der Waals surface area contributed by atoms with Gasteiger partial charge < -0.3 is 19.5 Å². The van der Waals surface area contributed by atoms with Crippen molar-refractivity contribution in [3.8, 4) is 17.2 Å². The summed E-state index contributed by atoms with van der Waals surface area (Å²) >= 11 is 0. The molecule has 132 valence electrons. The highest BCUT2D eigenvalue weighted by atomic mass is 19.1. The van der Waals surface area contributed by atoms with Gasteiger partial charge in [0, 0.05) is 18.3 Å². The molecule has 0 saturated carbocycles. The fraction of sp³-hybridized carbons (Fsp3) is 0.316. The van der Waals surface area contributed by atoms with Gasteiger partial charge in [-0.25, -0.2) is 4.39 Å². The van der Waals surface area contributed by atoms with E-state index in [9.17, 15) is 14.3 Å². The van der Waals surface area contributed by atoms with E-state index in [2.05, 4.69) is 0 Å². The maximum absolute atomic E-state index is 14.5. The van der Waals surface area contributed by atoms with Crippen molar-refractivity contribution in [1.29, 1.82) is 0 Å². The number of ether oxygens (including phenoxy) is 2. The quantitative estimate of drug-likeness (QED) is 0.839. The Labute approximate surface area is 145 Å². The summed E-state index contributed by atoms with van der Waals surface area (Å²) in [5.41, 5.74) is 0.397. The fourth-order valence-electron chi connectivity index (χ4n) is 2.85. The summed E-state index contributed by atoms with van der Waals surface area (Å²) < 4.78 is 25.4. The zero-order chi connectivity index (χ0) is 18.0. The van der Waals surface area contributed by atoms with Crippen LogP contribution >= 0.6 is 0 Å². The van der Waals surface area contributed by atoms with Gasteiger partial charge in [0.15, 0.2) is 35.1 Å². The van der Waals surface area contributed by atoms with Gasteiger partial charge in [-0.15, -0.1) is 0 Å². The van der Waals surface area contributed by atoms with Gasteiger partial charge in [-0.05, 0) is 43.2 Å². The van der Waals surface area contributed by atoms with Crippen LogP contribution in [0.2, 0.25) is 0 Å². The van der Waals surface area contributed by atoms with Crippen LogP contribution in [0, 0.1) is 5.82 Å². The summed E-state index contributed by atoms with van der Waals surface area (Å²) in [7, 11) is 0. The van der Waals surface area contributed by atoms with Gasteiger partial charge in [-0.1, -0.05) is 13.0 Å². The minimum Gasteiger partial charge on any atom is -0.504 e. The van der Waals surface area contributed by atoms with Crippen molar-refractivity contribution < 1.29 is 23.8 Å². The number of aryl methyl sites for hydroxylation is 1. The number of benzene rings is 2. The molecule has 1 atom stereocenters. The molecule has 25 heavy (non-hydrogen) atoms. The van der Waals surface area contributed by atoms with Crippen LogP contribution in [0.15, 0.2) is 36.4 Å². The number of rotatable bonds is 5. The van der Waals surface area contributed by atoms with Crippen LogP contribution < -0.4 is 9.64 Å². The van der Waals surface area contributed by atoms with Crippen LogP contribution in [-0.4, -0.2) is 30.3 Å². The molecule has 0 amide bonds. The Hall–Kier alpha value is -2.60. The number of anilines is 1. The molecule has 1 aliphatic heterocycles. The number of aldehydes is 1. The van der Waals surface area contributed by atoms with Crippen molar-refractivity contribution in [2.75, 3.05) is 18.1 Å². The maximum Gasteiger partial charge on any atom is 0.194 e. The number of carbonyl (C=O) groups is 1. The predicted octanol–water partition coefficient (Wildman–Crippen LogP) is 3.64. The minimum absolute atomic E-state index is 0.00350. The number of hydrogen-bond donors (Lipinski definition) is 1. The first-order chi connectivity index (χ1) is 12.0. The molecule has 1 aliphatic rings. The minimum atomic E-state index is -1.09. The van der Waals surface area contributed by atoms with Crippen molar-refractivity contribution >= 4 is 12.0 Å². The highest BCUT2D eigenvalue weighted by Crippen LogP contribution is 2.35. The Morgan fingerprint density at radius 1 is 1.32 bits per heavy atom. The molecule has 1 N–H and O–H groups in total. The smallest absolute Gasteiger partial charge is 0.194 e. The number of carbonyl (C=O) groups excluding carboxylic acids is 1. The van der Waals surface area contributed by atoms with E-state index in [1.807, 2.05) is 13.0 Å². The number of nitrogens with zero attached hydrogens (tertiary/aromatic N) is 1. The molecule has 3 rings (SSSR count). The van der Waals surface area contributed by atoms with Gasteiger partial charge in [-0.2, -0.15) is 0 Å². The first-order valence-corrected chi connectivity index (χ1v) is 8.14. The second-order valence-electron chi connectivity index (χ2n) is 6.05. The standard InChI is InChI=1S/C19H20FNO4/c1-3-13-4-6-18(16(23)10-13)25-17-7-5-14(11-15(17)20)21-8-9-24-19(21,2)12-22/h4-7,10-12,23H,3,8-9H2,1-2H3. The highest BCUT2D eigenvalue weighted by Gasteiger charge is 2.38. The van der Waals surface area contributed by atoms with E-state index in [0.717, 1.165) is 12.0 Å². The summed E-state index contributed by atoms with van der Waals surface area (Å²) in [4.78, 5) is 13.0. The maximum atomic E-state index is 14.5. The molecule has 1 saturated heterocycles. The molecule has 6 heteroatoms. The van der Waals surface area contributed by atoms with E-state index in [-0.39, 0.29) is 17.2 Å². The summed E-state index contributed by atoms with van der Waals surface area (Å²) in [6.07, 6.45) is 1.49. The molecule has 2 aromatic carbocycles. The zero-order valence-electron chi connectivity index (χ0n) is 14.2. The molecule has 1 heterocycles. The van der Waals surface area contributed by atoms with Crippen molar-refractivity contribution in [3.63, 3.8) is 0 Å². The van der Waals surface area contributed by atoms with E-state index in [0.29, 0.717) is 25.1 Å². The average Bonchev–Trinajstić information content (AvgIpc) is 3.00. The number of hydrogen-bond acceptors (Lipinski definition) is 5. The first-order valence-electron chi connectivity index (χ1n) is 8.14. The van der Waals surface area contributed by atoms with Crippen LogP contribution in [0.25, 0.3) is 0 Å². The number of phenolic OH excluding ortho intramolecular Hbond substituents is 1. The summed E-state index contributed by atoms with van der Waals surface area (Å²) in [5.74, 6) is -0.441. The van der Waals surface area contributed by atoms with Gasteiger partial charge in [0.05, 0.1) is 6.61 Å². The molecule has 1 fully saturated rings. The normalized spacial score (nSPS) is 19.9. The van der Waals surface area contributed by atoms with Crippen molar-refractivity contribution in [2.24, 2.45) is 0 Å². The Morgan fingerprint density at radius 3 is 2.72 bits per heavy atom. The second-order valence-corrected chi connectivity index (χ2v) is 6.05. The zero-order valence-corrected chi connectivity index (χ0v) is 14.2. The molecular weight excluding hydrogens is 325 g/mol. The Balaban J connectivity index is 1.84. The Kier molecular flexibility index (Phi) is 4.63. The van der Waals surface area contributed by atoms with Crippen molar-refractivity contribution in [1.82, 2.24) is 0 Å². The van der Waals surface area contributed by atoms with Crippen molar-refractivity contribution in [2.45, 2.75) is 26.0 Å². The van der Waals surface area contributed by atoms with Crippen LogP contribution in [0.3, 0.4) is 0 Å². The van der Waals surface area contributed by atoms with Gasteiger partial charge in [0.25, 0.3) is 0 Å². The molecule has 1 unspecified atom stereocenters. The molecule has 0 spiro atoms. The van der Waals surface area contributed by atoms with E-state index in [4.69, 9.17) is 9.47 Å². The highest BCUT2D eigenvalue weighted by molar-refractivity contribution is 5.70. The molecule has 2 aromatic rings. The monoisotopic (exact) mass is 345 g/mol. The van der Waals surface area contributed by atoms with E-state index < -0.39 is 11.5 Å². The van der Waals surface area contributed by atoms with Crippen molar-refractivity contribution in [3.05, 3.63) is 47.8 Å². The third kappa shape index (κ3) is 3.30. The third-order valence-corrected chi connectivity index (χ3v) is 4.34. The number of phenols is 1. The lowest BCUT2D eigenvalue weighted by atomic mass is 10.1. The van der Waals surface area contributed by atoms with Crippen LogP contribution in [0.1, 0.15) is 19.4 Å². The number of halogens is 1. The Morgan fingerprint density at radius 2 is 2.08 bits per heavy atom. The number of aromatic hydroxyl groups is 1. The van der Waals surface area contributed by atoms with Gasteiger partial charge in [0.1, 0.15) is 0 Å². The summed E-state index contributed by atoms with van der Waals surface area (Å²) in [5, 5.41) is 9.99. The van der Waals surface area contributed by atoms with Crippen LogP contribution in [0.5, 0.6) is 17.2 Å². The summed E-state index contributed by atoms with van der Waals surface area (Å²) in [6.45, 7) is 4.51. The lowest BCUT2D eigenvalue weighted by Gasteiger charge is -2.30. The first kappa shape index (κ1) is 17.2. The SMILES string of the molecule is CCc1ccc(Oc2ccc(N3CCOC3(C)C=O)cc2F)c(O)c1. The molecule has 0 aromatic heterocycles. The average molecular weight is 345 g/mol. The largest absolute Gasteiger partial charge is 0.504 e. The molecule has 0 radical (unpaired) electrons. The van der Waals surface area contributed by atoms with Crippen LogP contribution in [0.4, 0.5) is 10.1 Å². The van der Waals surface area contributed by atoms with E-state index >= 15 is 0 Å². The lowest BCUT2D eigenvalue weighted by Crippen LogP contribution is -2.43. The molecule has 0 bridgehead atoms. The summed E-state index contributed by atoms with van der Waals surface area (Å²) in [6, 6.07) is 9.45. The molecular formula is C19H20FNO4. The second kappa shape index (κ2) is 6.72. The van der Waals surface area contributed by atoms with Gasteiger partial charge >= 0.3 is 0 Å². The molecule has 5 nitrogen and oxygen atoms in total. The topological polar surface area (TPSA) is 59.0 Å². The predicted molar refractivity (Wildman–Crippen MR) is 91.7 cm³/mol.